The summed E-state index contributed by atoms with van der Waals surface area (Å²) in [5, 5.41) is 12.2. The zero-order valence-corrected chi connectivity index (χ0v) is 8.24. The minimum atomic E-state index is -0.504. The smallest absolute Gasteiger partial charge is 0.352 e. The summed E-state index contributed by atoms with van der Waals surface area (Å²) in [5.74, 6) is 0.00292. The maximum atomic E-state index is 11.3. The molecule has 6 nitrogen and oxygen atoms in total. The van der Waals surface area contributed by atoms with E-state index in [9.17, 15) is 9.90 Å². The molecular formula is C8H14N4O2. The molecule has 78 valence electrons. The monoisotopic (exact) mass is 198 g/mol. The summed E-state index contributed by atoms with van der Waals surface area (Å²) in [4.78, 5) is 14.7. The Morgan fingerprint density at radius 2 is 2.21 bits per heavy atom. The van der Waals surface area contributed by atoms with Crippen LogP contribution in [0.5, 0.6) is 5.88 Å². The fourth-order valence-electron chi connectivity index (χ4n) is 1.21. The van der Waals surface area contributed by atoms with Gasteiger partial charge in [0.2, 0.25) is 5.88 Å². The number of nitrogens with two attached hydrogens (primary N) is 1. The molecule has 0 aliphatic carbocycles. The summed E-state index contributed by atoms with van der Waals surface area (Å²) < 4.78 is 1.37. The highest BCUT2D eigenvalue weighted by atomic mass is 16.3. The number of anilines is 2. The van der Waals surface area contributed by atoms with E-state index in [0.29, 0.717) is 18.9 Å². The summed E-state index contributed by atoms with van der Waals surface area (Å²) in [6, 6.07) is 0. The van der Waals surface area contributed by atoms with Gasteiger partial charge in [0, 0.05) is 13.1 Å². The van der Waals surface area contributed by atoms with Crippen LogP contribution < -0.4 is 16.7 Å². The van der Waals surface area contributed by atoms with Gasteiger partial charge in [0.25, 0.3) is 0 Å². The largest absolute Gasteiger partial charge is 0.492 e. The van der Waals surface area contributed by atoms with E-state index in [0.717, 1.165) is 0 Å². The van der Waals surface area contributed by atoms with E-state index in [1.807, 2.05) is 6.92 Å². The van der Waals surface area contributed by atoms with Crippen LogP contribution in [-0.4, -0.2) is 21.2 Å². The standard InChI is InChI=1S/C8H14N4O2/c1-3-10-6-5(9)7(13)11-8(14)12(6)4-2/h10H,3-4,9H2,1-2H3,(H,11,13,14). The molecule has 1 aromatic heterocycles. The molecule has 0 aromatic carbocycles. The van der Waals surface area contributed by atoms with Crippen LogP contribution in [0.15, 0.2) is 4.79 Å². The van der Waals surface area contributed by atoms with Gasteiger partial charge in [-0.05, 0) is 13.8 Å². The molecule has 1 aromatic rings. The number of hydrogen-bond acceptors (Lipinski definition) is 5. The van der Waals surface area contributed by atoms with Crippen molar-refractivity contribution in [3.05, 3.63) is 10.5 Å². The van der Waals surface area contributed by atoms with E-state index in [4.69, 9.17) is 5.73 Å². The quantitative estimate of drug-likeness (QED) is 0.634. The average molecular weight is 198 g/mol. The van der Waals surface area contributed by atoms with E-state index < -0.39 is 11.6 Å². The van der Waals surface area contributed by atoms with Crippen molar-refractivity contribution in [3.63, 3.8) is 0 Å². The van der Waals surface area contributed by atoms with E-state index in [2.05, 4.69) is 10.3 Å². The molecule has 1 rings (SSSR count). The van der Waals surface area contributed by atoms with Crippen molar-refractivity contribution in [1.82, 2.24) is 9.55 Å². The molecule has 0 amide bonds. The van der Waals surface area contributed by atoms with Crippen LogP contribution in [0.25, 0.3) is 0 Å². The van der Waals surface area contributed by atoms with Crippen molar-refractivity contribution < 1.29 is 5.11 Å². The van der Waals surface area contributed by atoms with Crippen LogP contribution in [0.3, 0.4) is 0 Å². The Labute approximate surface area is 81.4 Å². The zero-order valence-electron chi connectivity index (χ0n) is 8.24. The van der Waals surface area contributed by atoms with Crippen molar-refractivity contribution in [3.8, 4) is 5.88 Å². The van der Waals surface area contributed by atoms with Gasteiger partial charge < -0.3 is 16.2 Å². The SMILES string of the molecule is CCNc1c(N)c(O)nc(=O)n1CC. The van der Waals surface area contributed by atoms with Gasteiger partial charge in [-0.2, -0.15) is 4.98 Å². The van der Waals surface area contributed by atoms with Gasteiger partial charge in [0.15, 0.2) is 0 Å². The molecule has 1 heterocycles. The predicted molar refractivity (Wildman–Crippen MR) is 54.4 cm³/mol. The second kappa shape index (κ2) is 3.99. The van der Waals surface area contributed by atoms with Gasteiger partial charge in [0.05, 0.1) is 0 Å². The molecular weight excluding hydrogens is 184 g/mol. The number of nitrogen functional groups attached to an aromatic ring is 1. The molecule has 0 bridgehead atoms. The number of aromatic hydroxyl groups is 1. The molecule has 0 aliphatic rings. The predicted octanol–water partition coefficient (Wildman–Crippen LogP) is -0.0172. The third kappa shape index (κ3) is 1.63. The molecule has 0 aliphatic heterocycles. The fraction of sp³-hybridized carbons (Fsp3) is 0.500. The van der Waals surface area contributed by atoms with Crippen LogP contribution in [0.2, 0.25) is 0 Å². The fourth-order valence-corrected chi connectivity index (χ4v) is 1.21. The van der Waals surface area contributed by atoms with Crippen molar-refractivity contribution in [2.75, 3.05) is 17.6 Å². The second-order valence-corrected chi connectivity index (χ2v) is 2.75. The molecule has 0 spiro atoms. The first-order valence-corrected chi connectivity index (χ1v) is 4.44. The van der Waals surface area contributed by atoms with Crippen LogP contribution in [0.1, 0.15) is 13.8 Å². The van der Waals surface area contributed by atoms with Gasteiger partial charge in [0.1, 0.15) is 11.5 Å². The molecule has 0 fully saturated rings. The first-order chi connectivity index (χ1) is 6.61. The van der Waals surface area contributed by atoms with E-state index >= 15 is 0 Å². The van der Waals surface area contributed by atoms with E-state index in [-0.39, 0.29) is 5.69 Å². The minimum absolute atomic E-state index is 0.105. The number of hydrogen-bond donors (Lipinski definition) is 3. The van der Waals surface area contributed by atoms with Crippen molar-refractivity contribution in [1.29, 1.82) is 0 Å². The lowest BCUT2D eigenvalue weighted by atomic mass is 10.4. The maximum Gasteiger partial charge on any atom is 0.352 e. The number of rotatable bonds is 3. The number of nitrogens with one attached hydrogen (secondary N) is 1. The second-order valence-electron chi connectivity index (χ2n) is 2.75. The number of nitrogens with zero attached hydrogens (tertiary/aromatic N) is 2. The van der Waals surface area contributed by atoms with Gasteiger partial charge in [-0.15, -0.1) is 0 Å². The summed E-state index contributed by atoms with van der Waals surface area (Å²) in [6.07, 6.45) is 0. The topological polar surface area (TPSA) is 93.2 Å². The van der Waals surface area contributed by atoms with Crippen LogP contribution in [0, 0.1) is 0 Å². The summed E-state index contributed by atoms with van der Waals surface area (Å²) in [5.41, 5.74) is 5.18. The minimum Gasteiger partial charge on any atom is -0.492 e. The van der Waals surface area contributed by atoms with Gasteiger partial charge in [-0.3, -0.25) is 4.57 Å². The van der Waals surface area contributed by atoms with Crippen molar-refractivity contribution in [2.45, 2.75) is 20.4 Å². The third-order valence-corrected chi connectivity index (χ3v) is 1.86. The Kier molecular flexibility index (Phi) is 2.95. The van der Waals surface area contributed by atoms with Gasteiger partial charge in [-0.25, -0.2) is 4.79 Å². The lowest BCUT2D eigenvalue weighted by Crippen LogP contribution is -2.26. The molecule has 0 atom stereocenters. The Hall–Kier alpha value is -1.72. The Bertz CT molecular complexity index is 386. The normalized spacial score (nSPS) is 10.1. The first-order valence-electron chi connectivity index (χ1n) is 4.44. The van der Waals surface area contributed by atoms with Crippen molar-refractivity contribution in [2.24, 2.45) is 0 Å². The van der Waals surface area contributed by atoms with Crippen LogP contribution >= 0.6 is 0 Å². The Morgan fingerprint density at radius 1 is 1.57 bits per heavy atom. The lowest BCUT2D eigenvalue weighted by molar-refractivity contribution is 0.448. The lowest BCUT2D eigenvalue weighted by Gasteiger charge is -2.13. The van der Waals surface area contributed by atoms with Crippen LogP contribution in [-0.2, 0) is 6.54 Å². The average Bonchev–Trinajstić information content (AvgIpc) is 2.14. The Balaban J connectivity index is 3.40. The molecule has 4 N–H and O–H groups in total. The first kappa shape index (κ1) is 10.4. The zero-order chi connectivity index (χ0) is 10.7. The summed E-state index contributed by atoms with van der Waals surface area (Å²) in [7, 11) is 0. The maximum absolute atomic E-state index is 11.3. The highest BCUT2D eigenvalue weighted by molar-refractivity contribution is 5.66. The summed E-state index contributed by atoms with van der Waals surface area (Å²) >= 11 is 0. The molecule has 0 saturated heterocycles. The molecule has 0 saturated carbocycles. The van der Waals surface area contributed by atoms with E-state index in [1.165, 1.54) is 4.57 Å². The molecule has 14 heavy (non-hydrogen) atoms. The number of aromatic nitrogens is 2. The van der Waals surface area contributed by atoms with Gasteiger partial charge >= 0.3 is 5.69 Å². The molecule has 0 unspecified atom stereocenters. The van der Waals surface area contributed by atoms with Crippen LogP contribution in [0.4, 0.5) is 11.5 Å². The molecule has 6 heteroatoms. The third-order valence-electron chi connectivity index (χ3n) is 1.86. The highest BCUT2D eigenvalue weighted by Gasteiger charge is 2.11. The van der Waals surface area contributed by atoms with Crippen molar-refractivity contribution >= 4 is 11.5 Å². The molecule has 0 radical (unpaired) electrons. The summed E-state index contributed by atoms with van der Waals surface area (Å²) in [6.45, 7) is 4.76. The Morgan fingerprint density at radius 3 is 2.71 bits per heavy atom. The van der Waals surface area contributed by atoms with E-state index in [1.54, 1.807) is 6.92 Å². The highest BCUT2D eigenvalue weighted by Crippen LogP contribution is 2.23. The van der Waals surface area contributed by atoms with Gasteiger partial charge in [-0.1, -0.05) is 0 Å².